The Morgan fingerprint density at radius 1 is 0.885 bits per heavy atom. The molecule has 0 aliphatic carbocycles. The van der Waals surface area contributed by atoms with Crippen molar-refractivity contribution in [3.8, 4) is 11.5 Å². The Kier molecular flexibility index (Phi) is 6.26. The normalized spacial score (nSPS) is 10.4. The number of anilines is 1. The summed E-state index contributed by atoms with van der Waals surface area (Å²) >= 11 is 12.2. The van der Waals surface area contributed by atoms with E-state index < -0.39 is 0 Å². The minimum absolute atomic E-state index is 0.478. The molecule has 0 saturated carbocycles. The molecular weight excluding hydrogens is 369 g/mol. The molecule has 3 aromatic carbocycles. The van der Waals surface area contributed by atoms with Gasteiger partial charge in [-0.25, -0.2) is 0 Å². The highest BCUT2D eigenvalue weighted by atomic mass is 35.5. The molecule has 0 radical (unpaired) electrons. The van der Waals surface area contributed by atoms with Gasteiger partial charge in [-0.15, -0.1) is 0 Å². The second kappa shape index (κ2) is 8.84. The monoisotopic (exact) mass is 387 g/mol. The van der Waals surface area contributed by atoms with Gasteiger partial charge in [0.1, 0.15) is 18.1 Å². The van der Waals surface area contributed by atoms with Crippen LogP contribution in [0.15, 0.2) is 66.7 Å². The Hall–Kier alpha value is -2.36. The van der Waals surface area contributed by atoms with Crippen LogP contribution in [0, 0.1) is 0 Å². The van der Waals surface area contributed by atoms with E-state index in [9.17, 15) is 0 Å². The zero-order valence-corrected chi connectivity index (χ0v) is 15.8. The molecule has 0 aliphatic rings. The highest BCUT2D eigenvalue weighted by Gasteiger charge is 2.03. The van der Waals surface area contributed by atoms with E-state index in [1.54, 1.807) is 7.11 Å². The van der Waals surface area contributed by atoms with Gasteiger partial charge in [0.2, 0.25) is 0 Å². The zero-order chi connectivity index (χ0) is 18.4. The van der Waals surface area contributed by atoms with Gasteiger partial charge in [0, 0.05) is 17.3 Å². The molecule has 0 bridgehead atoms. The third-order valence-corrected chi connectivity index (χ3v) is 4.37. The van der Waals surface area contributed by atoms with Crippen molar-refractivity contribution in [1.82, 2.24) is 0 Å². The fourth-order valence-electron chi connectivity index (χ4n) is 2.52. The second-order valence-corrected chi connectivity index (χ2v) is 6.61. The molecule has 0 unspecified atom stereocenters. The first-order chi connectivity index (χ1) is 12.6. The van der Waals surface area contributed by atoms with E-state index in [1.165, 1.54) is 0 Å². The van der Waals surface area contributed by atoms with Crippen LogP contribution in [0.4, 0.5) is 5.69 Å². The van der Waals surface area contributed by atoms with Crippen LogP contribution in [0.3, 0.4) is 0 Å². The molecular formula is C21H19Cl2NO2. The fourth-order valence-corrected chi connectivity index (χ4v) is 2.99. The van der Waals surface area contributed by atoms with Crippen molar-refractivity contribution in [2.75, 3.05) is 12.4 Å². The number of ether oxygens (including phenoxy) is 2. The third kappa shape index (κ3) is 5.07. The Bertz CT molecular complexity index is 883. The molecule has 0 amide bonds. The van der Waals surface area contributed by atoms with Crippen LogP contribution in [0.5, 0.6) is 11.5 Å². The van der Waals surface area contributed by atoms with Gasteiger partial charge in [-0.05, 0) is 53.6 Å². The summed E-state index contributed by atoms with van der Waals surface area (Å²) in [6.45, 7) is 1.14. The molecule has 26 heavy (non-hydrogen) atoms. The number of hydrogen-bond donors (Lipinski definition) is 1. The highest BCUT2D eigenvalue weighted by molar-refractivity contribution is 6.32. The Morgan fingerprint density at radius 2 is 1.69 bits per heavy atom. The van der Waals surface area contributed by atoms with Crippen LogP contribution in [0.2, 0.25) is 10.0 Å². The molecule has 0 aromatic heterocycles. The van der Waals surface area contributed by atoms with E-state index in [4.69, 9.17) is 32.7 Å². The van der Waals surface area contributed by atoms with E-state index in [0.29, 0.717) is 28.9 Å². The third-order valence-electron chi connectivity index (χ3n) is 3.84. The highest BCUT2D eigenvalue weighted by Crippen LogP contribution is 2.27. The van der Waals surface area contributed by atoms with Crippen LogP contribution in [-0.4, -0.2) is 7.11 Å². The fraction of sp³-hybridized carbons (Fsp3) is 0.143. The average Bonchev–Trinajstić information content (AvgIpc) is 2.65. The van der Waals surface area contributed by atoms with Crippen molar-refractivity contribution in [2.45, 2.75) is 13.2 Å². The molecule has 0 saturated heterocycles. The predicted molar refractivity (Wildman–Crippen MR) is 108 cm³/mol. The molecule has 3 aromatic rings. The van der Waals surface area contributed by atoms with Gasteiger partial charge in [-0.1, -0.05) is 47.5 Å². The van der Waals surface area contributed by atoms with Crippen molar-refractivity contribution < 1.29 is 9.47 Å². The maximum atomic E-state index is 6.15. The minimum atomic E-state index is 0.478. The lowest BCUT2D eigenvalue weighted by molar-refractivity contribution is 0.306. The predicted octanol–water partition coefficient (Wildman–Crippen LogP) is 6.19. The molecule has 0 spiro atoms. The smallest absolute Gasteiger partial charge is 0.137 e. The molecule has 3 nitrogen and oxygen atoms in total. The lowest BCUT2D eigenvalue weighted by atomic mass is 10.2. The van der Waals surface area contributed by atoms with Gasteiger partial charge in [0.05, 0.1) is 12.1 Å². The first-order valence-corrected chi connectivity index (χ1v) is 8.93. The SMILES string of the molecule is COc1ccc(NCc2cccc(OCc3cccc(Cl)c3)c2)cc1Cl. The molecule has 1 N–H and O–H groups in total. The molecule has 0 aliphatic heterocycles. The largest absolute Gasteiger partial charge is 0.495 e. The van der Waals surface area contributed by atoms with Crippen molar-refractivity contribution in [3.63, 3.8) is 0 Å². The Morgan fingerprint density at radius 3 is 2.46 bits per heavy atom. The van der Waals surface area contributed by atoms with Crippen LogP contribution >= 0.6 is 23.2 Å². The van der Waals surface area contributed by atoms with Gasteiger partial charge in [-0.3, -0.25) is 0 Å². The Labute approximate surface area is 163 Å². The van der Waals surface area contributed by atoms with Crippen molar-refractivity contribution >= 4 is 28.9 Å². The number of halogens is 2. The van der Waals surface area contributed by atoms with Crippen LogP contribution < -0.4 is 14.8 Å². The number of nitrogens with one attached hydrogen (secondary N) is 1. The lowest BCUT2D eigenvalue weighted by Gasteiger charge is -2.11. The van der Waals surface area contributed by atoms with Crippen LogP contribution in [0.1, 0.15) is 11.1 Å². The molecule has 0 fully saturated rings. The van der Waals surface area contributed by atoms with Crippen molar-refractivity contribution in [1.29, 1.82) is 0 Å². The van der Waals surface area contributed by atoms with E-state index in [-0.39, 0.29) is 0 Å². The summed E-state index contributed by atoms with van der Waals surface area (Å²) in [6.07, 6.45) is 0. The number of methoxy groups -OCH3 is 1. The van der Waals surface area contributed by atoms with E-state index in [1.807, 2.05) is 66.7 Å². The summed E-state index contributed by atoms with van der Waals surface area (Å²) in [5, 5.41) is 4.64. The topological polar surface area (TPSA) is 30.5 Å². The average molecular weight is 388 g/mol. The quantitative estimate of drug-likeness (QED) is 0.523. The maximum Gasteiger partial charge on any atom is 0.137 e. The number of hydrogen-bond acceptors (Lipinski definition) is 3. The standard InChI is InChI=1S/C21H19Cl2NO2/c1-25-21-9-8-18(12-20(21)23)24-13-15-4-3-7-19(11-15)26-14-16-5-2-6-17(22)10-16/h2-12,24H,13-14H2,1H3. The second-order valence-electron chi connectivity index (χ2n) is 5.77. The molecule has 0 heterocycles. The van der Waals surface area contributed by atoms with Gasteiger partial charge in [0.15, 0.2) is 0 Å². The van der Waals surface area contributed by atoms with Crippen molar-refractivity contribution in [3.05, 3.63) is 87.9 Å². The van der Waals surface area contributed by atoms with Gasteiger partial charge < -0.3 is 14.8 Å². The van der Waals surface area contributed by atoms with E-state index in [0.717, 1.165) is 22.6 Å². The summed E-state index contributed by atoms with van der Waals surface area (Å²) in [6, 6.07) is 21.3. The summed E-state index contributed by atoms with van der Waals surface area (Å²) in [5.74, 6) is 1.48. The molecule has 0 atom stereocenters. The maximum absolute atomic E-state index is 6.15. The number of benzene rings is 3. The van der Waals surface area contributed by atoms with Gasteiger partial charge in [-0.2, -0.15) is 0 Å². The first-order valence-electron chi connectivity index (χ1n) is 8.17. The van der Waals surface area contributed by atoms with Crippen molar-refractivity contribution in [2.24, 2.45) is 0 Å². The van der Waals surface area contributed by atoms with E-state index >= 15 is 0 Å². The summed E-state index contributed by atoms with van der Waals surface area (Å²) in [4.78, 5) is 0. The lowest BCUT2D eigenvalue weighted by Crippen LogP contribution is -2.01. The van der Waals surface area contributed by atoms with E-state index in [2.05, 4.69) is 5.32 Å². The zero-order valence-electron chi connectivity index (χ0n) is 14.3. The summed E-state index contributed by atoms with van der Waals surface area (Å²) in [7, 11) is 1.60. The van der Waals surface area contributed by atoms with Gasteiger partial charge in [0.25, 0.3) is 0 Å². The van der Waals surface area contributed by atoms with Gasteiger partial charge >= 0.3 is 0 Å². The summed E-state index contributed by atoms with van der Waals surface area (Å²) in [5.41, 5.74) is 3.08. The molecule has 3 rings (SSSR count). The van der Waals surface area contributed by atoms with Crippen LogP contribution in [-0.2, 0) is 13.2 Å². The summed E-state index contributed by atoms with van der Waals surface area (Å²) < 4.78 is 11.0. The van der Waals surface area contributed by atoms with Crippen LogP contribution in [0.25, 0.3) is 0 Å². The molecule has 134 valence electrons. The Balaban J connectivity index is 1.59. The molecule has 5 heteroatoms. The minimum Gasteiger partial charge on any atom is -0.495 e. The number of rotatable bonds is 7. The first kappa shape index (κ1) is 18.4.